The Balaban J connectivity index is 0.00000176. The maximum Gasteiger partial charge on any atom is 0.128 e. The van der Waals surface area contributed by atoms with E-state index >= 15 is 0 Å². The van der Waals surface area contributed by atoms with E-state index in [1.165, 1.54) is 17.4 Å². The van der Waals surface area contributed by atoms with Crippen molar-refractivity contribution in [1.29, 1.82) is 0 Å². The third-order valence-electron chi connectivity index (χ3n) is 3.63. The van der Waals surface area contributed by atoms with E-state index in [2.05, 4.69) is 10.2 Å². The molecule has 2 aromatic rings. The minimum absolute atomic E-state index is 0. The summed E-state index contributed by atoms with van der Waals surface area (Å²) in [6.07, 6.45) is 0. The quantitative estimate of drug-likeness (QED) is 0.835. The van der Waals surface area contributed by atoms with Crippen molar-refractivity contribution >= 4 is 46.9 Å². The first-order chi connectivity index (χ1) is 10.1. The lowest BCUT2D eigenvalue weighted by atomic mass is 10.0. The number of nitrogens with one attached hydrogen (secondary N) is 1. The predicted molar refractivity (Wildman–Crippen MR) is 94.3 cm³/mol. The maximum absolute atomic E-state index is 14.3. The Morgan fingerprint density at radius 1 is 1.14 bits per heavy atom. The largest absolute Gasteiger partial charge is 0.314 e. The van der Waals surface area contributed by atoms with Gasteiger partial charge in [-0.1, -0.05) is 23.2 Å². The molecule has 1 aliphatic rings. The lowest BCUT2D eigenvalue weighted by Crippen LogP contribution is -2.45. The van der Waals surface area contributed by atoms with Crippen LogP contribution in [0.1, 0.15) is 16.5 Å². The first-order valence-corrected chi connectivity index (χ1v) is 8.37. The summed E-state index contributed by atoms with van der Waals surface area (Å²) in [5.41, 5.74) is 0.614. The molecule has 0 unspecified atom stereocenters. The highest BCUT2D eigenvalue weighted by Crippen LogP contribution is 2.37. The summed E-state index contributed by atoms with van der Waals surface area (Å²) in [5, 5.41) is 3.87. The van der Waals surface area contributed by atoms with Crippen molar-refractivity contribution in [1.82, 2.24) is 10.2 Å². The lowest BCUT2D eigenvalue weighted by molar-refractivity contribution is 0.197. The molecule has 1 aliphatic heterocycles. The Kier molecular flexibility index (Phi) is 6.50. The topological polar surface area (TPSA) is 15.3 Å². The average Bonchev–Trinajstić information content (AvgIpc) is 2.90. The van der Waals surface area contributed by atoms with E-state index in [-0.39, 0.29) is 24.3 Å². The molecule has 7 heteroatoms. The van der Waals surface area contributed by atoms with Gasteiger partial charge in [0.2, 0.25) is 0 Å². The molecule has 3 rings (SSSR count). The summed E-state index contributed by atoms with van der Waals surface area (Å²) >= 11 is 13.6. The first kappa shape index (κ1) is 18.0. The number of hydrogen-bond donors (Lipinski definition) is 1. The molecule has 120 valence electrons. The van der Waals surface area contributed by atoms with E-state index in [0.717, 1.165) is 31.1 Å². The van der Waals surface area contributed by atoms with Crippen molar-refractivity contribution in [2.45, 2.75) is 6.04 Å². The summed E-state index contributed by atoms with van der Waals surface area (Å²) in [6.45, 7) is 3.54. The van der Waals surface area contributed by atoms with Gasteiger partial charge in [0.25, 0.3) is 0 Å². The molecule has 0 bridgehead atoms. The van der Waals surface area contributed by atoms with E-state index in [1.807, 2.05) is 12.1 Å². The molecule has 0 spiro atoms. The van der Waals surface area contributed by atoms with E-state index in [9.17, 15) is 4.39 Å². The van der Waals surface area contributed by atoms with Gasteiger partial charge in [0.1, 0.15) is 5.82 Å². The Bertz CT molecular complexity index is 629. The molecular formula is C15H16Cl3FN2S. The number of halogens is 4. The predicted octanol–water partition coefficient (Wildman–Crippen LogP) is 4.61. The van der Waals surface area contributed by atoms with Gasteiger partial charge in [-0.3, -0.25) is 4.90 Å². The fraction of sp³-hybridized carbons (Fsp3) is 0.333. The third-order valence-corrected chi connectivity index (χ3v) is 5.15. The van der Waals surface area contributed by atoms with Gasteiger partial charge in [-0.2, -0.15) is 0 Å². The number of piperazine rings is 1. The smallest absolute Gasteiger partial charge is 0.128 e. The molecule has 2 heterocycles. The van der Waals surface area contributed by atoms with Crippen molar-refractivity contribution in [3.05, 3.63) is 55.9 Å². The first-order valence-electron chi connectivity index (χ1n) is 6.80. The van der Waals surface area contributed by atoms with Crippen LogP contribution in [0.5, 0.6) is 0 Å². The van der Waals surface area contributed by atoms with Gasteiger partial charge in [-0.05, 0) is 30.3 Å². The van der Waals surface area contributed by atoms with Crippen LogP contribution >= 0.6 is 46.9 Å². The monoisotopic (exact) mass is 380 g/mol. The van der Waals surface area contributed by atoms with Gasteiger partial charge < -0.3 is 5.32 Å². The standard InChI is InChI=1S/C15H15Cl2FN2S.ClH/c16-10-1-2-12(18)11(9-10)15(13-3-4-14(17)21-13)20-7-5-19-6-8-20;/h1-4,9,15,19H,5-8H2;1H/t15-;/m0./s1. The second-order valence-electron chi connectivity index (χ2n) is 5.00. The Morgan fingerprint density at radius 3 is 2.50 bits per heavy atom. The summed E-state index contributed by atoms with van der Waals surface area (Å²) in [6, 6.07) is 8.43. The van der Waals surface area contributed by atoms with E-state index in [0.29, 0.717) is 14.9 Å². The lowest BCUT2D eigenvalue weighted by Gasteiger charge is -2.35. The van der Waals surface area contributed by atoms with Crippen LogP contribution in [0.15, 0.2) is 30.3 Å². The molecule has 0 amide bonds. The fourth-order valence-electron chi connectivity index (χ4n) is 2.67. The van der Waals surface area contributed by atoms with Crippen LogP contribution in [0.25, 0.3) is 0 Å². The van der Waals surface area contributed by atoms with Gasteiger partial charge in [-0.15, -0.1) is 23.7 Å². The molecule has 1 saturated heterocycles. The van der Waals surface area contributed by atoms with Crippen LogP contribution in [0, 0.1) is 5.82 Å². The number of nitrogens with zero attached hydrogens (tertiary/aromatic N) is 1. The van der Waals surface area contributed by atoms with Gasteiger partial charge in [0.05, 0.1) is 10.4 Å². The van der Waals surface area contributed by atoms with Crippen molar-refractivity contribution in [3.63, 3.8) is 0 Å². The van der Waals surface area contributed by atoms with Gasteiger partial charge in [-0.25, -0.2) is 4.39 Å². The number of hydrogen-bond acceptors (Lipinski definition) is 3. The molecule has 22 heavy (non-hydrogen) atoms. The third kappa shape index (κ3) is 3.94. The number of rotatable bonds is 3. The summed E-state index contributed by atoms with van der Waals surface area (Å²) in [7, 11) is 0. The Morgan fingerprint density at radius 2 is 1.86 bits per heavy atom. The van der Waals surface area contributed by atoms with Gasteiger partial charge in [0.15, 0.2) is 0 Å². The minimum Gasteiger partial charge on any atom is -0.314 e. The van der Waals surface area contributed by atoms with E-state index < -0.39 is 0 Å². The minimum atomic E-state index is -0.229. The zero-order valence-electron chi connectivity index (χ0n) is 11.7. The van der Waals surface area contributed by atoms with Crippen molar-refractivity contribution < 1.29 is 4.39 Å². The molecule has 0 aliphatic carbocycles. The fourth-order valence-corrected chi connectivity index (χ4v) is 4.07. The Labute approximate surface area is 149 Å². The van der Waals surface area contributed by atoms with Crippen LogP contribution in [0.3, 0.4) is 0 Å². The van der Waals surface area contributed by atoms with Crippen LogP contribution < -0.4 is 5.32 Å². The van der Waals surface area contributed by atoms with Gasteiger partial charge in [0, 0.05) is 41.6 Å². The summed E-state index contributed by atoms with van der Waals surface area (Å²) < 4.78 is 15.1. The van der Waals surface area contributed by atoms with Crippen LogP contribution in [-0.2, 0) is 0 Å². The maximum atomic E-state index is 14.3. The highest BCUT2D eigenvalue weighted by molar-refractivity contribution is 7.16. The number of thiophene rings is 1. The molecule has 0 saturated carbocycles. The van der Waals surface area contributed by atoms with E-state index in [4.69, 9.17) is 23.2 Å². The Hall–Kier alpha value is -0.360. The molecule has 2 nitrogen and oxygen atoms in total. The van der Waals surface area contributed by atoms with Crippen LogP contribution in [0.2, 0.25) is 9.36 Å². The molecule has 1 N–H and O–H groups in total. The zero-order chi connectivity index (χ0) is 14.8. The highest BCUT2D eigenvalue weighted by Gasteiger charge is 2.27. The normalized spacial score (nSPS) is 17.0. The summed E-state index contributed by atoms with van der Waals surface area (Å²) in [4.78, 5) is 3.32. The molecule has 0 radical (unpaired) electrons. The van der Waals surface area contributed by atoms with E-state index in [1.54, 1.807) is 12.1 Å². The number of benzene rings is 1. The van der Waals surface area contributed by atoms with Crippen molar-refractivity contribution in [3.8, 4) is 0 Å². The van der Waals surface area contributed by atoms with Crippen LogP contribution in [-0.4, -0.2) is 31.1 Å². The second-order valence-corrected chi connectivity index (χ2v) is 7.18. The van der Waals surface area contributed by atoms with Gasteiger partial charge >= 0.3 is 0 Å². The zero-order valence-corrected chi connectivity index (χ0v) is 14.8. The molecule has 1 aromatic carbocycles. The van der Waals surface area contributed by atoms with Crippen molar-refractivity contribution in [2.24, 2.45) is 0 Å². The highest BCUT2D eigenvalue weighted by atomic mass is 35.5. The van der Waals surface area contributed by atoms with Crippen LogP contribution in [0.4, 0.5) is 4.39 Å². The molecule has 1 atom stereocenters. The summed E-state index contributed by atoms with van der Waals surface area (Å²) in [5.74, 6) is -0.229. The molecule has 1 aromatic heterocycles. The molecule has 1 fully saturated rings. The molecular weight excluding hydrogens is 366 g/mol. The van der Waals surface area contributed by atoms with Crippen molar-refractivity contribution in [2.75, 3.05) is 26.2 Å². The second kappa shape index (κ2) is 7.95. The average molecular weight is 382 g/mol. The SMILES string of the molecule is Cl.Fc1ccc(Cl)cc1[C@@H](c1ccc(Cl)s1)N1CCNCC1.